The van der Waals surface area contributed by atoms with Gasteiger partial charge >= 0.3 is 5.97 Å². The van der Waals surface area contributed by atoms with Crippen LogP contribution in [0.3, 0.4) is 0 Å². The molecule has 0 radical (unpaired) electrons. The molecule has 6 nitrogen and oxygen atoms in total. The number of hydrogen-bond donors (Lipinski definition) is 2. The van der Waals surface area contributed by atoms with Crippen LogP contribution in [0.1, 0.15) is 32.8 Å². The van der Waals surface area contributed by atoms with Crippen molar-refractivity contribution >= 4 is 34.8 Å². The van der Waals surface area contributed by atoms with Crippen molar-refractivity contribution in [1.82, 2.24) is 9.97 Å². The van der Waals surface area contributed by atoms with Crippen molar-refractivity contribution in [3.05, 3.63) is 41.1 Å². The molecule has 0 bridgehead atoms. The van der Waals surface area contributed by atoms with E-state index in [9.17, 15) is 9.18 Å². The van der Waals surface area contributed by atoms with Gasteiger partial charge in [-0.05, 0) is 62.9 Å². The van der Waals surface area contributed by atoms with Crippen LogP contribution in [-0.2, 0) is 16.0 Å². The molecule has 0 saturated heterocycles. The Hall–Kier alpha value is -2.41. The predicted octanol–water partition coefficient (Wildman–Crippen LogP) is 4.08. The number of nitrogens with one attached hydrogen (secondary N) is 2. The molecular weight excluding hydrogens is 359 g/mol. The van der Waals surface area contributed by atoms with Crippen LogP contribution < -0.4 is 10.6 Å². The smallest absolute Gasteiger partial charge is 0.329 e. The normalized spacial score (nSPS) is 16.4. The first-order valence-electron chi connectivity index (χ1n) is 8.29. The lowest BCUT2D eigenvalue weighted by atomic mass is 9.97. The van der Waals surface area contributed by atoms with Crippen molar-refractivity contribution in [1.29, 1.82) is 0 Å². The van der Waals surface area contributed by atoms with Crippen LogP contribution in [0.15, 0.2) is 24.4 Å². The van der Waals surface area contributed by atoms with E-state index < -0.39 is 17.5 Å². The molecule has 2 heterocycles. The maximum absolute atomic E-state index is 13.8. The molecule has 8 heteroatoms. The lowest BCUT2D eigenvalue weighted by molar-refractivity contribution is -0.156. The number of nitrogens with zero attached hydrogens (tertiary/aromatic N) is 2. The maximum atomic E-state index is 13.8. The number of carbonyl (C=O) groups is 1. The number of fused-ring (bicyclic) bond motifs is 1. The molecule has 2 N–H and O–H groups in total. The molecule has 3 rings (SSSR count). The molecule has 1 aromatic carbocycles. The van der Waals surface area contributed by atoms with Gasteiger partial charge in [0.2, 0.25) is 5.28 Å². The van der Waals surface area contributed by atoms with E-state index in [2.05, 4.69) is 20.6 Å². The fourth-order valence-electron chi connectivity index (χ4n) is 2.69. The molecule has 0 fully saturated rings. The quantitative estimate of drug-likeness (QED) is 0.619. The third-order valence-corrected chi connectivity index (χ3v) is 3.99. The largest absolute Gasteiger partial charge is 0.458 e. The van der Waals surface area contributed by atoms with Crippen molar-refractivity contribution in [2.24, 2.45) is 0 Å². The Morgan fingerprint density at radius 1 is 1.42 bits per heavy atom. The predicted molar refractivity (Wildman–Crippen MR) is 98.3 cm³/mol. The van der Waals surface area contributed by atoms with Crippen LogP contribution in [0.2, 0.25) is 5.28 Å². The first kappa shape index (κ1) is 18.4. The van der Waals surface area contributed by atoms with E-state index in [4.69, 9.17) is 16.3 Å². The van der Waals surface area contributed by atoms with Crippen LogP contribution in [0, 0.1) is 5.82 Å². The molecule has 0 aliphatic carbocycles. The Bertz CT molecular complexity index is 838. The molecule has 138 valence electrons. The number of esters is 1. The molecule has 1 aliphatic heterocycles. The van der Waals surface area contributed by atoms with Gasteiger partial charge in [-0.15, -0.1) is 0 Å². The summed E-state index contributed by atoms with van der Waals surface area (Å²) in [6.07, 6.45) is 2.41. The van der Waals surface area contributed by atoms with Crippen LogP contribution in [0.5, 0.6) is 0 Å². The van der Waals surface area contributed by atoms with Gasteiger partial charge in [-0.2, -0.15) is 4.98 Å². The van der Waals surface area contributed by atoms with Crippen molar-refractivity contribution in [3.63, 3.8) is 0 Å². The first-order valence-corrected chi connectivity index (χ1v) is 8.66. The number of carbonyl (C=O) groups excluding carboxylic acids is 1. The lowest BCUT2D eigenvalue weighted by Gasteiger charge is -2.29. The number of hydrogen-bond acceptors (Lipinski definition) is 6. The zero-order valence-electron chi connectivity index (χ0n) is 14.8. The molecule has 2 aromatic rings. The van der Waals surface area contributed by atoms with Gasteiger partial charge in [-0.3, -0.25) is 0 Å². The zero-order valence-corrected chi connectivity index (χ0v) is 15.5. The van der Waals surface area contributed by atoms with E-state index in [0.717, 1.165) is 23.9 Å². The highest BCUT2D eigenvalue weighted by molar-refractivity contribution is 6.28. The van der Waals surface area contributed by atoms with Crippen molar-refractivity contribution < 1.29 is 13.9 Å². The van der Waals surface area contributed by atoms with E-state index >= 15 is 0 Å². The van der Waals surface area contributed by atoms with Gasteiger partial charge in [0.15, 0.2) is 11.6 Å². The minimum Gasteiger partial charge on any atom is -0.458 e. The summed E-state index contributed by atoms with van der Waals surface area (Å²) in [5.41, 5.74) is 1.97. The summed E-state index contributed by atoms with van der Waals surface area (Å²) in [6.45, 7) is 5.52. The summed E-state index contributed by atoms with van der Waals surface area (Å²) < 4.78 is 19.2. The highest BCUT2D eigenvalue weighted by atomic mass is 35.5. The van der Waals surface area contributed by atoms with Crippen LogP contribution >= 0.6 is 11.6 Å². The summed E-state index contributed by atoms with van der Waals surface area (Å²) in [4.78, 5) is 19.7. The second-order valence-electron chi connectivity index (χ2n) is 7.10. The van der Waals surface area contributed by atoms with Gasteiger partial charge in [0.1, 0.15) is 11.6 Å². The van der Waals surface area contributed by atoms with Gasteiger partial charge in [0.05, 0.1) is 6.20 Å². The molecule has 1 unspecified atom stereocenters. The van der Waals surface area contributed by atoms with Gasteiger partial charge in [0, 0.05) is 11.4 Å². The average molecular weight is 379 g/mol. The molecule has 0 saturated carbocycles. The van der Waals surface area contributed by atoms with E-state index in [1.165, 1.54) is 0 Å². The van der Waals surface area contributed by atoms with Crippen molar-refractivity contribution in [2.45, 2.75) is 45.3 Å². The molecule has 26 heavy (non-hydrogen) atoms. The number of aromatic nitrogens is 2. The van der Waals surface area contributed by atoms with E-state index in [1.807, 2.05) is 32.9 Å². The summed E-state index contributed by atoms with van der Waals surface area (Å²) in [7, 11) is 0. The second kappa shape index (κ2) is 7.07. The topological polar surface area (TPSA) is 76.1 Å². The fourth-order valence-corrected chi connectivity index (χ4v) is 2.82. The zero-order chi connectivity index (χ0) is 18.9. The van der Waals surface area contributed by atoms with Gasteiger partial charge < -0.3 is 15.4 Å². The molecule has 1 aromatic heterocycles. The van der Waals surface area contributed by atoms with E-state index in [1.54, 1.807) is 6.07 Å². The Morgan fingerprint density at radius 2 is 2.19 bits per heavy atom. The van der Waals surface area contributed by atoms with Gasteiger partial charge in [0.25, 0.3) is 0 Å². The highest BCUT2D eigenvalue weighted by Crippen LogP contribution is 2.30. The highest BCUT2D eigenvalue weighted by Gasteiger charge is 2.28. The number of aryl methyl sites for hydroxylation is 1. The Balaban J connectivity index is 1.77. The van der Waals surface area contributed by atoms with Crippen LogP contribution in [0.25, 0.3) is 0 Å². The third-order valence-electron chi connectivity index (χ3n) is 3.81. The lowest BCUT2D eigenvalue weighted by Crippen LogP contribution is -2.38. The Morgan fingerprint density at radius 3 is 2.92 bits per heavy atom. The Labute approximate surface area is 156 Å². The Kier molecular flexibility index (Phi) is 5.00. The van der Waals surface area contributed by atoms with Crippen LogP contribution in [0.4, 0.5) is 21.6 Å². The number of anilines is 3. The van der Waals surface area contributed by atoms with E-state index in [0.29, 0.717) is 12.1 Å². The minimum atomic E-state index is -0.605. The summed E-state index contributed by atoms with van der Waals surface area (Å²) in [5, 5.41) is 6.04. The fraction of sp³-hybridized carbons (Fsp3) is 0.389. The monoisotopic (exact) mass is 378 g/mol. The molecule has 0 amide bonds. The number of rotatable bonds is 3. The third kappa shape index (κ3) is 4.40. The second-order valence-corrected chi connectivity index (χ2v) is 7.44. The maximum Gasteiger partial charge on any atom is 0.329 e. The summed E-state index contributed by atoms with van der Waals surface area (Å²) in [5.74, 6) is -0.897. The molecule has 0 spiro atoms. The van der Waals surface area contributed by atoms with E-state index in [-0.39, 0.29) is 17.1 Å². The number of benzene rings is 1. The van der Waals surface area contributed by atoms with Gasteiger partial charge in [-0.25, -0.2) is 14.2 Å². The van der Waals surface area contributed by atoms with Crippen LogP contribution in [-0.4, -0.2) is 27.6 Å². The van der Waals surface area contributed by atoms with Gasteiger partial charge in [-0.1, -0.05) is 6.07 Å². The number of halogens is 2. The summed E-state index contributed by atoms with van der Waals surface area (Å²) >= 11 is 5.71. The first-order chi connectivity index (χ1) is 12.2. The average Bonchev–Trinajstić information content (AvgIpc) is 2.56. The minimum absolute atomic E-state index is 0.00977. The molecule has 1 aliphatic rings. The van der Waals surface area contributed by atoms with Crippen molar-refractivity contribution in [3.8, 4) is 0 Å². The number of ether oxygens (including phenoxy) is 1. The SMILES string of the molecule is CC(C)(C)OC(=O)C1CCc2ccc(Nc3nc(Cl)ncc3F)cc2N1. The summed E-state index contributed by atoms with van der Waals surface area (Å²) in [6, 6.07) is 5.14. The standard InChI is InChI=1S/C18H20ClFN4O2/c1-18(2,3)26-16(25)13-7-5-10-4-6-11(8-14(10)23-13)22-15-12(20)9-21-17(19)24-15/h4,6,8-9,13,23H,5,7H2,1-3H3,(H,21,22,24). The molecular formula is C18H20ClFN4O2. The molecule has 1 atom stereocenters. The van der Waals surface area contributed by atoms with Crippen molar-refractivity contribution in [2.75, 3.05) is 10.6 Å².